The van der Waals surface area contributed by atoms with Gasteiger partial charge in [-0.05, 0) is 13.0 Å². The third-order valence-electron chi connectivity index (χ3n) is 2.10. The lowest BCUT2D eigenvalue weighted by molar-refractivity contribution is 0.0991. The average Bonchev–Trinajstić information content (AvgIpc) is 2.27. The van der Waals surface area contributed by atoms with Crippen molar-refractivity contribution < 1.29 is 18.7 Å². The van der Waals surface area contributed by atoms with Crippen LogP contribution >= 0.6 is 15.9 Å². The van der Waals surface area contributed by atoms with Crippen molar-refractivity contribution in [3.05, 3.63) is 23.5 Å². The summed E-state index contributed by atoms with van der Waals surface area (Å²) in [6.45, 7) is 1.64. The highest BCUT2D eigenvalue weighted by molar-refractivity contribution is 9.10. The molecule has 0 bridgehead atoms. The predicted octanol–water partition coefficient (Wildman–Crippen LogP) is 2.81. The molecule has 88 valence electrons. The first-order chi connectivity index (χ1) is 7.51. The Kier molecular flexibility index (Phi) is 4.29. The summed E-state index contributed by atoms with van der Waals surface area (Å²) in [5.74, 6) is -0.355. The number of carbonyl (C=O) groups excluding carboxylic acids is 1. The third kappa shape index (κ3) is 2.52. The molecule has 0 fully saturated rings. The van der Waals surface area contributed by atoms with Gasteiger partial charge in [-0.2, -0.15) is 0 Å². The average molecular weight is 291 g/mol. The number of ether oxygens (including phenoxy) is 2. The third-order valence-corrected chi connectivity index (χ3v) is 2.52. The maximum absolute atomic E-state index is 13.6. The van der Waals surface area contributed by atoms with E-state index in [-0.39, 0.29) is 17.1 Å². The smallest absolute Gasteiger partial charge is 0.179 e. The Bertz CT molecular complexity index is 404. The summed E-state index contributed by atoms with van der Waals surface area (Å²) in [6.07, 6.45) is 0. The largest absolute Gasteiger partial charge is 0.493 e. The summed E-state index contributed by atoms with van der Waals surface area (Å²) in [5, 5.41) is 0. The molecule has 16 heavy (non-hydrogen) atoms. The van der Waals surface area contributed by atoms with E-state index in [0.29, 0.717) is 5.75 Å². The van der Waals surface area contributed by atoms with Gasteiger partial charge < -0.3 is 9.47 Å². The van der Waals surface area contributed by atoms with E-state index in [9.17, 15) is 9.18 Å². The summed E-state index contributed by atoms with van der Waals surface area (Å²) >= 11 is 3.10. The van der Waals surface area contributed by atoms with Crippen LogP contribution in [0.15, 0.2) is 12.1 Å². The van der Waals surface area contributed by atoms with E-state index in [1.807, 2.05) is 0 Å². The first kappa shape index (κ1) is 13.0. The van der Waals surface area contributed by atoms with E-state index in [4.69, 9.17) is 9.47 Å². The van der Waals surface area contributed by atoms with Crippen LogP contribution in [0.25, 0.3) is 0 Å². The van der Waals surface area contributed by atoms with Gasteiger partial charge in [0.1, 0.15) is 5.82 Å². The molecule has 1 aromatic rings. The maximum atomic E-state index is 13.6. The summed E-state index contributed by atoms with van der Waals surface area (Å²) in [6, 6.07) is 2.48. The number of rotatable bonds is 4. The maximum Gasteiger partial charge on any atom is 0.179 e. The molecule has 0 radical (unpaired) electrons. The molecule has 0 amide bonds. The topological polar surface area (TPSA) is 35.5 Å². The monoisotopic (exact) mass is 290 g/mol. The zero-order chi connectivity index (χ0) is 12.3. The van der Waals surface area contributed by atoms with Crippen LogP contribution in [0.1, 0.15) is 17.3 Å². The molecule has 0 saturated heterocycles. The van der Waals surface area contributed by atoms with E-state index < -0.39 is 10.6 Å². The van der Waals surface area contributed by atoms with Crippen LogP contribution < -0.4 is 9.47 Å². The van der Waals surface area contributed by atoms with Crippen molar-refractivity contribution in [1.82, 2.24) is 0 Å². The number of carbonyl (C=O) groups is 1. The van der Waals surface area contributed by atoms with Crippen molar-refractivity contribution in [3.8, 4) is 11.5 Å². The van der Waals surface area contributed by atoms with Crippen molar-refractivity contribution >= 4 is 21.7 Å². The zero-order valence-corrected chi connectivity index (χ0v) is 10.8. The molecule has 0 N–H and O–H groups in total. The minimum absolute atomic E-state index is 0.0120. The first-order valence-electron chi connectivity index (χ1n) is 4.61. The summed E-state index contributed by atoms with van der Waals surface area (Å²) in [5.41, 5.74) is -0.0120. The van der Waals surface area contributed by atoms with E-state index in [0.717, 1.165) is 6.07 Å². The Morgan fingerprint density at radius 1 is 1.31 bits per heavy atom. The fraction of sp³-hybridized carbons (Fsp3) is 0.364. The SMILES string of the molecule is COc1cc(F)c(C(=O)C(C)Br)cc1OC. The zero-order valence-electron chi connectivity index (χ0n) is 9.21. The second-order valence-corrected chi connectivity index (χ2v) is 4.54. The molecule has 5 heteroatoms. The lowest BCUT2D eigenvalue weighted by atomic mass is 10.1. The molecule has 1 atom stereocenters. The number of ketones is 1. The van der Waals surface area contributed by atoms with Crippen LogP contribution in [-0.4, -0.2) is 24.8 Å². The summed E-state index contributed by atoms with van der Waals surface area (Å²) in [7, 11) is 2.84. The lowest BCUT2D eigenvalue weighted by Crippen LogP contribution is -2.12. The van der Waals surface area contributed by atoms with Crippen molar-refractivity contribution in [1.29, 1.82) is 0 Å². The number of hydrogen-bond acceptors (Lipinski definition) is 3. The molecular formula is C11H12BrFO3. The molecule has 0 aliphatic heterocycles. The lowest BCUT2D eigenvalue weighted by Gasteiger charge is -2.11. The van der Waals surface area contributed by atoms with Crippen LogP contribution in [0.4, 0.5) is 4.39 Å². The number of methoxy groups -OCH3 is 2. The minimum atomic E-state index is -0.617. The van der Waals surface area contributed by atoms with Crippen LogP contribution in [0, 0.1) is 5.82 Å². The van der Waals surface area contributed by atoms with Crippen LogP contribution in [0.5, 0.6) is 11.5 Å². The highest BCUT2D eigenvalue weighted by Crippen LogP contribution is 2.30. The summed E-state index contributed by atoms with van der Waals surface area (Å²) < 4.78 is 23.5. The highest BCUT2D eigenvalue weighted by Gasteiger charge is 2.19. The van der Waals surface area contributed by atoms with Gasteiger partial charge in [0.2, 0.25) is 0 Å². The molecule has 1 unspecified atom stereocenters. The fourth-order valence-electron chi connectivity index (χ4n) is 1.26. The number of Topliss-reactive ketones (excluding diaryl/α,β-unsaturated/α-hetero) is 1. The molecule has 1 aromatic carbocycles. The fourth-order valence-corrected chi connectivity index (χ4v) is 1.50. The van der Waals surface area contributed by atoms with Gasteiger partial charge in [0.05, 0.1) is 24.6 Å². The molecule has 1 rings (SSSR count). The second-order valence-electron chi connectivity index (χ2n) is 3.17. The van der Waals surface area contributed by atoms with Crippen molar-refractivity contribution in [2.45, 2.75) is 11.8 Å². The molecule has 0 aliphatic rings. The van der Waals surface area contributed by atoms with Gasteiger partial charge >= 0.3 is 0 Å². The Labute approximate surface area is 102 Å². The number of hydrogen-bond donors (Lipinski definition) is 0. The molecule has 0 aliphatic carbocycles. The van der Waals surface area contributed by atoms with E-state index in [2.05, 4.69) is 15.9 Å². The quantitative estimate of drug-likeness (QED) is 0.632. The van der Waals surface area contributed by atoms with Gasteiger partial charge in [-0.3, -0.25) is 4.79 Å². The number of benzene rings is 1. The van der Waals surface area contributed by atoms with Gasteiger partial charge in [0.15, 0.2) is 17.3 Å². The Morgan fingerprint density at radius 2 is 1.81 bits per heavy atom. The van der Waals surface area contributed by atoms with Gasteiger partial charge in [-0.15, -0.1) is 0 Å². The Balaban J connectivity index is 3.26. The van der Waals surface area contributed by atoms with E-state index in [1.54, 1.807) is 6.92 Å². The first-order valence-corrected chi connectivity index (χ1v) is 5.52. The minimum Gasteiger partial charge on any atom is -0.493 e. The Morgan fingerprint density at radius 3 is 2.25 bits per heavy atom. The molecule has 0 heterocycles. The molecule has 0 aromatic heterocycles. The Hall–Kier alpha value is -1.10. The summed E-state index contributed by atoms with van der Waals surface area (Å²) in [4.78, 5) is 11.2. The molecule has 0 spiro atoms. The normalized spacial score (nSPS) is 12.1. The highest BCUT2D eigenvalue weighted by atomic mass is 79.9. The molecule has 3 nitrogen and oxygen atoms in total. The van der Waals surface area contributed by atoms with E-state index >= 15 is 0 Å². The number of alkyl halides is 1. The number of halogens is 2. The van der Waals surface area contributed by atoms with E-state index in [1.165, 1.54) is 20.3 Å². The predicted molar refractivity (Wildman–Crippen MR) is 62.2 cm³/mol. The van der Waals surface area contributed by atoms with Crippen LogP contribution in [-0.2, 0) is 0 Å². The standard InChI is InChI=1S/C11H12BrFO3/c1-6(12)11(14)7-4-9(15-2)10(16-3)5-8(7)13/h4-6H,1-3H3. The van der Waals surface area contributed by atoms with Crippen molar-refractivity contribution in [2.24, 2.45) is 0 Å². The van der Waals surface area contributed by atoms with Crippen molar-refractivity contribution in [2.75, 3.05) is 14.2 Å². The van der Waals surface area contributed by atoms with Gasteiger partial charge in [-0.1, -0.05) is 15.9 Å². The molecule has 0 saturated carbocycles. The van der Waals surface area contributed by atoms with Gasteiger partial charge in [-0.25, -0.2) is 4.39 Å². The second kappa shape index (κ2) is 5.30. The van der Waals surface area contributed by atoms with Crippen LogP contribution in [0.3, 0.4) is 0 Å². The van der Waals surface area contributed by atoms with Gasteiger partial charge in [0, 0.05) is 6.07 Å². The van der Waals surface area contributed by atoms with Gasteiger partial charge in [0.25, 0.3) is 0 Å². The van der Waals surface area contributed by atoms with Crippen LogP contribution in [0.2, 0.25) is 0 Å². The molecular weight excluding hydrogens is 279 g/mol. The van der Waals surface area contributed by atoms with Crippen molar-refractivity contribution in [3.63, 3.8) is 0 Å².